The van der Waals surface area contributed by atoms with Crippen molar-refractivity contribution in [2.75, 3.05) is 0 Å². The van der Waals surface area contributed by atoms with Gasteiger partial charge < -0.3 is 5.11 Å². The van der Waals surface area contributed by atoms with Gasteiger partial charge in [-0.25, -0.2) is 0 Å². The van der Waals surface area contributed by atoms with E-state index in [0.717, 1.165) is 23.5 Å². The molecule has 0 saturated heterocycles. The molecule has 1 atom stereocenters. The van der Waals surface area contributed by atoms with E-state index < -0.39 is 0 Å². The lowest BCUT2D eigenvalue weighted by molar-refractivity contribution is 0.280. The van der Waals surface area contributed by atoms with Crippen molar-refractivity contribution in [1.29, 1.82) is 0 Å². The maximum atomic E-state index is 9.20. The van der Waals surface area contributed by atoms with Crippen molar-refractivity contribution in [2.24, 2.45) is 5.92 Å². The SMILES string of the molecule is CCCC(C)Cn1nc(C)c(CO)c1C. The van der Waals surface area contributed by atoms with Crippen LogP contribution in [0.15, 0.2) is 0 Å². The van der Waals surface area contributed by atoms with Crippen LogP contribution in [0.3, 0.4) is 0 Å². The first-order valence-corrected chi connectivity index (χ1v) is 5.73. The van der Waals surface area contributed by atoms with E-state index in [0.29, 0.717) is 5.92 Å². The van der Waals surface area contributed by atoms with Gasteiger partial charge in [-0.2, -0.15) is 5.10 Å². The molecule has 0 aliphatic heterocycles. The van der Waals surface area contributed by atoms with E-state index in [1.807, 2.05) is 18.5 Å². The quantitative estimate of drug-likeness (QED) is 0.810. The van der Waals surface area contributed by atoms with Gasteiger partial charge in [-0.3, -0.25) is 4.68 Å². The summed E-state index contributed by atoms with van der Waals surface area (Å²) in [5.74, 6) is 0.652. The molecule has 0 aliphatic carbocycles. The van der Waals surface area contributed by atoms with Crippen molar-refractivity contribution in [3.8, 4) is 0 Å². The largest absolute Gasteiger partial charge is 0.392 e. The first-order chi connectivity index (χ1) is 7.10. The summed E-state index contributed by atoms with van der Waals surface area (Å²) in [6.07, 6.45) is 2.44. The topological polar surface area (TPSA) is 38.0 Å². The second kappa shape index (κ2) is 5.31. The molecule has 1 rings (SSSR count). The van der Waals surface area contributed by atoms with E-state index >= 15 is 0 Å². The minimum atomic E-state index is 0.0970. The molecule has 0 bridgehead atoms. The average molecular weight is 210 g/mol. The van der Waals surface area contributed by atoms with Gasteiger partial charge in [0.2, 0.25) is 0 Å². The number of rotatable bonds is 5. The zero-order valence-electron chi connectivity index (χ0n) is 10.2. The second-order valence-corrected chi connectivity index (χ2v) is 4.38. The minimum Gasteiger partial charge on any atom is -0.392 e. The predicted octanol–water partition coefficient (Wildman–Crippen LogP) is 2.43. The van der Waals surface area contributed by atoms with Crippen LogP contribution >= 0.6 is 0 Å². The van der Waals surface area contributed by atoms with Crippen LogP contribution in [0, 0.1) is 19.8 Å². The van der Waals surface area contributed by atoms with Crippen molar-refractivity contribution in [3.05, 3.63) is 17.0 Å². The minimum absolute atomic E-state index is 0.0970. The van der Waals surface area contributed by atoms with Crippen LogP contribution in [0.5, 0.6) is 0 Å². The van der Waals surface area contributed by atoms with Gasteiger partial charge in [-0.15, -0.1) is 0 Å². The van der Waals surface area contributed by atoms with Gasteiger partial charge in [-0.05, 0) is 26.2 Å². The number of aliphatic hydroxyl groups excluding tert-OH is 1. The van der Waals surface area contributed by atoms with E-state index in [-0.39, 0.29) is 6.61 Å². The van der Waals surface area contributed by atoms with Crippen molar-refractivity contribution in [2.45, 2.75) is 53.7 Å². The highest BCUT2D eigenvalue weighted by Gasteiger charge is 2.12. The molecule has 0 radical (unpaired) electrons. The van der Waals surface area contributed by atoms with Crippen LogP contribution in [0.25, 0.3) is 0 Å². The van der Waals surface area contributed by atoms with Crippen LogP contribution in [0.4, 0.5) is 0 Å². The number of hydrogen-bond donors (Lipinski definition) is 1. The molecule has 15 heavy (non-hydrogen) atoms. The lowest BCUT2D eigenvalue weighted by Crippen LogP contribution is -2.10. The van der Waals surface area contributed by atoms with Crippen LogP contribution in [0.1, 0.15) is 43.6 Å². The Labute approximate surface area is 92.1 Å². The molecule has 0 amide bonds. The molecule has 1 aromatic rings. The Morgan fingerprint density at radius 2 is 2.07 bits per heavy atom. The van der Waals surface area contributed by atoms with Gasteiger partial charge >= 0.3 is 0 Å². The van der Waals surface area contributed by atoms with Crippen LogP contribution < -0.4 is 0 Å². The fraction of sp³-hybridized carbons (Fsp3) is 0.750. The van der Waals surface area contributed by atoms with Crippen molar-refractivity contribution in [3.63, 3.8) is 0 Å². The smallest absolute Gasteiger partial charge is 0.0718 e. The first kappa shape index (κ1) is 12.2. The third-order valence-electron chi connectivity index (χ3n) is 2.96. The zero-order valence-corrected chi connectivity index (χ0v) is 10.2. The Kier molecular flexibility index (Phi) is 4.33. The molecule has 86 valence electrons. The molecule has 0 fully saturated rings. The fourth-order valence-corrected chi connectivity index (χ4v) is 2.02. The Morgan fingerprint density at radius 1 is 1.40 bits per heavy atom. The molecule has 0 spiro atoms. The lowest BCUT2D eigenvalue weighted by atomic mass is 10.1. The zero-order chi connectivity index (χ0) is 11.4. The third-order valence-corrected chi connectivity index (χ3v) is 2.96. The number of aryl methyl sites for hydroxylation is 1. The second-order valence-electron chi connectivity index (χ2n) is 4.38. The Bertz CT molecular complexity index is 318. The Balaban J connectivity index is 2.77. The first-order valence-electron chi connectivity index (χ1n) is 5.73. The molecule has 1 aromatic heterocycles. The molecular formula is C12H22N2O. The third kappa shape index (κ3) is 2.81. The van der Waals surface area contributed by atoms with Gasteiger partial charge in [0.15, 0.2) is 0 Å². The van der Waals surface area contributed by atoms with Crippen LogP contribution in [-0.2, 0) is 13.2 Å². The van der Waals surface area contributed by atoms with Gasteiger partial charge in [0.1, 0.15) is 0 Å². The molecule has 0 aliphatic rings. The van der Waals surface area contributed by atoms with Gasteiger partial charge in [0.05, 0.1) is 12.3 Å². The summed E-state index contributed by atoms with van der Waals surface area (Å²) in [5, 5.41) is 13.7. The summed E-state index contributed by atoms with van der Waals surface area (Å²) >= 11 is 0. The lowest BCUT2D eigenvalue weighted by Gasteiger charge is -2.11. The summed E-state index contributed by atoms with van der Waals surface area (Å²) in [4.78, 5) is 0. The summed E-state index contributed by atoms with van der Waals surface area (Å²) in [7, 11) is 0. The summed E-state index contributed by atoms with van der Waals surface area (Å²) in [6.45, 7) is 9.50. The van der Waals surface area contributed by atoms with Crippen molar-refractivity contribution < 1.29 is 5.11 Å². The predicted molar refractivity (Wildman–Crippen MR) is 61.7 cm³/mol. The van der Waals surface area contributed by atoms with Gasteiger partial charge in [0, 0.05) is 17.8 Å². The van der Waals surface area contributed by atoms with Crippen molar-refractivity contribution >= 4 is 0 Å². The summed E-state index contributed by atoms with van der Waals surface area (Å²) < 4.78 is 2.03. The van der Waals surface area contributed by atoms with E-state index in [1.165, 1.54) is 12.8 Å². The molecule has 0 saturated carbocycles. The van der Waals surface area contributed by atoms with Crippen LogP contribution in [-0.4, -0.2) is 14.9 Å². The molecule has 1 heterocycles. The molecule has 1 unspecified atom stereocenters. The van der Waals surface area contributed by atoms with Gasteiger partial charge in [0.25, 0.3) is 0 Å². The van der Waals surface area contributed by atoms with E-state index in [1.54, 1.807) is 0 Å². The maximum absolute atomic E-state index is 9.20. The van der Waals surface area contributed by atoms with E-state index in [4.69, 9.17) is 0 Å². The highest BCUT2D eigenvalue weighted by Crippen LogP contribution is 2.16. The van der Waals surface area contributed by atoms with E-state index in [2.05, 4.69) is 18.9 Å². The Hall–Kier alpha value is -0.830. The number of aromatic nitrogens is 2. The highest BCUT2D eigenvalue weighted by molar-refractivity contribution is 5.23. The van der Waals surface area contributed by atoms with Crippen molar-refractivity contribution in [1.82, 2.24) is 9.78 Å². The summed E-state index contributed by atoms with van der Waals surface area (Å²) in [5.41, 5.74) is 3.05. The molecule has 3 heteroatoms. The number of hydrogen-bond acceptors (Lipinski definition) is 2. The fourth-order valence-electron chi connectivity index (χ4n) is 2.02. The Morgan fingerprint density at radius 3 is 2.53 bits per heavy atom. The molecule has 3 nitrogen and oxygen atoms in total. The normalized spacial score (nSPS) is 13.1. The maximum Gasteiger partial charge on any atom is 0.0718 e. The monoisotopic (exact) mass is 210 g/mol. The standard InChI is InChI=1S/C12H22N2O/c1-5-6-9(2)7-14-11(4)12(8-15)10(3)13-14/h9,15H,5-8H2,1-4H3. The van der Waals surface area contributed by atoms with Gasteiger partial charge in [-0.1, -0.05) is 20.3 Å². The average Bonchev–Trinajstić information content (AvgIpc) is 2.42. The molecular weight excluding hydrogens is 188 g/mol. The number of nitrogens with zero attached hydrogens (tertiary/aromatic N) is 2. The van der Waals surface area contributed by atoms with Crippen LogP contribution in [0.2, 0.25) is 0 Å². The highest BCUT2D eigenvalue weighted by atomic mass is 16.3. The molecule has 0 aromatic carbocycles. The van der Waals surface area contributed by atoms with E-state index in [9.17, 15) is 5.11 Å². The molecule has 1 N–H and O–H groups in total. The summed E-state index contributed by atoms with van der Waals surface area (Å²) in [6, 6.07) is 0. The number of aliphatic hydroxyl groups is 1.